The molecule has 3 nitrogen and oxygen atoms in total. The average molecular weight is 371 g/mol. The normalized spacial score (nSPS) is 15.0. The molecule has 3 heteroatoms. The van der Waals surface area contributed by atoms with Crippen molar-refractivity contribution in [2.24, 2.45) is 0 Å². The maximum absolute atomic E-state index is 4.47. The largest absolute Gasteiger partial charge is 0.305 e. The summed E-state index contributed by atoms with van der Waals surface area (Å²) in [5.74, 6) is 0. The lowest BCUT2D eigenvalue weighted by Crippen LogP contribution is -2.14. The number of nitrogens with zero attached hydrogens (tertiary/aromatic N) is 3. The summed E-state index contributed by atoms with van der Waals surface area (Å²) in [6.07, 6.45) is 12.4. The fourth-order valence-corrected chi connectivity index (χ4v) is 6.28. The van der Waals surface area contributed by atoms with E-state index in [9.17, 15) is 0 Å². The second-order valence-electron chi connectivity index (χ2n) is 8.50. The molecule has 136 valence electrons. The van der Waals surface area contributed by atoms with Gasteiger partial charge in [-0.05, 0) is 71.2 Å². The summed E-state index contributed by atoms with van der Waals surface area (Å²) >= 11 is 0. The van der Waals surface area contributed by atoms with Crippen LogP contribution in [0.15, 0.2) is 55.1 Å². The number of rotatable bonds is 0. The van der Waals surface area contributed by atoms with Crippen LogP contribution in [-0.2, 0) is 25.7 Å². The topological polar surface area (TPSA) is 30.2 Å². The van der Waals surface area contributed by atoms with Gasteiger partial charge in [-0.3, -0.25) is 9.97 Å². The van der Waals surface area contributed by atoms with E-state index in [2.05, 4.69) is 44.7 Å². The highest BCUT2D eigenvalue weighted by Crippen LogP contribution is 2.51. The first-order valence-corrected chi connectivity index (χ1v) is 10.4. The van der Waals surface area contributed by atoms with Gasteiger partial charge in [0.15, 0.2) is 0 Å². The first-order valence-electron chi connectivity index (χ1n) is 10.4. The Balaban J connectivity index is 1.77. The van der Waals surface area contributed by atoms with E-state index in [1.807, 2.05) is 24.8 Å². The third-order valence-corrected chi connectivity index (χ3v) is 7.30. The smallest absolute Gasteiger partial charge is 0.0725 e. The Morgan fingerprint density at radius 1 is 0.655 bits per heavy atom. The molecule has 0 spiro atoms. The van der Waals surface area contributed by atoms with E-state index in [1.165, 1.54) is 60.3 Å². The zero-order valence-corrected chi connectivity index (χ0v) is 15.9. The van der Waals surface area contributed by atoms with E-state index in [1.54, 1.807) is 11.1 Å². The van der Waals surface area contributed by atoms with Crippen molar-refractivity contribution in [1.82, 2.24) is 14.4 Å². The Labute approximate surface area is 167 Å². The molecular formula is C26H17N3. The van der Waals surface area contributed by atoms with Crippen molar-refractivity contribution in [3.8, 4) is 11.1 Å². The van der Waals surface area contributed by atoms with Gasteiger partial charge in [0.1, 0.15) is 0 Å². The van der Waals surface area contributed by atoms with E-state index in [0.29, 0.717) is 0 Å². The predicted octanol–water partition coefficient (Wildman–Crippen LogP) is 5.49. The quantitative estimate of drug-likeness (QED) is 0.353. The molecule has 0 fully saturated rings. The van der Waals surface area contributed by atoms with Crippen LogP contribution >= 0.6 is 0 Å². The van der Waals surface area contributed by atoms with Gasteiger partial charge in [-0.15, -0.1) is 0 Å². The lowest BCUT2D eigenvalue weighted by molar-refractivity contribution is 0.889. The Morgan fingerprint density at radius 2 is 1.24 bits per heavy atom. The highest BCUT2D eigenvalue weighted by Gasteiger charge is 2.32. The number of hydrogen-bond acceptors (Lipinski definition) is 2. The number of fused-ring (bicyclic) bond motifs is 8. The predicted molar refractivity (Wildman–Crippen MR) is 117 cm³/mol. The molecule has 0 bridgehead atoms. The fraction of sp³-hybridized carbons (Fsp3) is 0.154. The molecule has 29 heavy (non-hydrogen) atoms. The van der Waals surface area contributed by atoms with E-state index in [0.717, 1.165) is 25.7 Å². The SMILES string of the molecule is c1cc2c3c(c1)CCc1c-3c(c3c4ccncc4n4c5cnccc5c1c34)CC2. The van der Waals surface area contributed by atoms with Crippen molar-refractivity contribution in [2.75, 3.05) is 0 Å². The van der Waals surface area contributed by atoms with Crippen molar-refractivity contribution in [1.29, 1.82) is 0 Å². The van der Waals surface area contributed by atoms with Gasteiger partial charge in [0.2, 0.25) is 0 Å². The second-order valence-corrected chi connectivity index (χ2v) is 8.50. The number of hydrogen-bond donors (Lipinski definition) is 0. The molecule has 4 heterocycles. The van der Waals surface area contributed by atoms with Crippen LogP contribution in [0.3, 0.4) is 0 Å². The summed E-state index contributed by atoms with van der Waals surface area (Å²) in [6.45, 7) is 0. The van der Waals surface area contributed by atoms with Crippen molar-refractivity contribution >= 4 is 38.1 Å². The molecule has 0 atom stereocenters. The van der Waals surface area contributed by atoms with Crippen LogP contribution < -0.4 is 0 Å². The average Bonchev–Trinajstić information content (AvgIpc) is 3.29. The second kappa shape index (κ2) is 4.74. The molecule has 2 aliphatic carbocycles. The van der Waals surface area contributed by atoms with Gasteiger partial charge < -0.3 is 4.40 Å². The number of benzene rings is 2. The lowest BCUT2D eigenvalue weighted by atomic mass is 9.73. The summed E-state index contributed by atoms with van der Waals surface area (Å²) in [6, 6.07) is 11.3. The summed E-state index contributed by atoms with van der Waals surface area (Å²) in [5, 5.41) is 5.54. The van der Waals surface area contributed by atoms with Gasteiger partial charge in [-0.2, -0.15) is 0 Å². The summed E-state index contributed by atoms with van der Waals surface area (Å²) in [5.41, 5.74) is 13.0. The Bertz CT molecular complexity index is 1540. The van der Waals surface area contributed by atoms with Crippen LogP contribution in [0.4, 0.5) is 0 Å². The van der Waals surface area contributed by atoms with E-state index in [4.69, 9.17) is 0 Å². The van der Waals surface area contributed by atoms with Gasteiger partial charge in [-0.25, -0.2) is 0 Å². The van der Waals surface area contributed by atoms with E-state index >= 15 is 0 Å². The molecule has 8 rings (SSSR count). The molecule has 4 aromatic heterocycles. The molecule has 2 aliphatic rings. The van der Waals surface area contributed by atoms with Crippen LogP contribution in [0.1, 0.15) is 22.3 Å². The van der Waals surface area contributed by atoms with Crippen LogP contribution in [0.25, 0.3) is 49.2 Å². The third-order valence-electron chi connectivity index (χ3n) is 7.30. The number of pyridine rings is 2. The molecule has 0 N–H and O–H groups in total. The van der Waals surface area contributed by atoms with E-state index in [-0.39, 0.29) is 0 Å². The zero-order chi connectivity index (χ0) is 18.7. The molecule has 2 aromatic carbocycles. The zero-order valence-electron chi connectivity index (χ0n) is 15.9. The molecule has 6 aromatic rings. The Hall–Kier alpha value is -3.46. The van der Waals surface area contributed by atoms with E-state index < -0.39 is 0 Å². The first-order chi connectivity index (χ1) is 14.4. The van der Waals surface area contributed by atoms with Gasteiger partial charge in [0.25, 0.3) is 0 Å². The summed E-state index contributed by atoms with van der Waals surface area (Å²) in [4.78, 5) is 8.94. The minimum absolute atomic E-state index is 1.12. The maximum atomic E-state index is 4.47. The van der Waals surface area contributed by atoms with Crippen LogP contribution in [0.5, 0.6) is 0 Å². The molecule has 0 saturated heterocycles. The van der Waals surface area contributed by atoms with Crippen LogP contribution in [0, 0.1) is 0 Å². The monoisotopic (exact) mass is 371 g/mol. The Kier molecular flexibility index (Phi) is 2.38. The number of aryl methyl sites for hydroxylation is 4. The standard InChI is InChI=1S/C26H17N3/c1-2-14-4-6-18-23-19(7-5-15(3-1)22(14)23)25-17-9-11-28-13-21(17)29-20-12-27-10-8-16(20)24(18)26(25)29/h1-3,8-13H,4-7H2. The molecular weight excluding hydrogens is 354 g/mol. The van der Waals surface area contributed by atoms with Crippen molar-refractivity contribution < 1.29 is 0 Å². The molecule has 0 saturated carbocycles. The fourth-order valence-electron chi connectivity index (χ4n) is 6.28. The first kappa shape index (κ1) is 14.5. The lowest BCUT2D eigenvalue weighted by Gasteiger charge is -2.30. The molecule has 0 unspecified atom stereocenters. The summed E-state index contributed by atoms with van der Waals surface area (Å²) < 4.78 is 2.42. The molecule has 0 amide bonds. The van der Waals surface area contributed by atoms with Gasteiger partial charge in [0, 0.05) is 33.9 Å². The van der Waals surface area contributed by atoms with Gasteiger partial charge in [0.05, 0.1) is 28.9 Å². The van der Waals surface area contributed by atoms with Crippen LogP contribution in [-0.4, -0.2) is 14.4 Å². The molecule has 0 radical (unpaired) electrons. The minimum Gasteiger partial charge on any atom is -0.305 e. The third kappa shape index (κ3) is 1.52. The highest BCUT2D eigenvalue weighted by molar-refractivity contribution is 6.27. The maximum Gasteiger partial charge on any atom is 0.0725 e. The highest BCUT2D eigenvalue weighted by atomic mass is 14.9. The van der Waals surface area contributed by atoms with Crippen molar-refractivity contribution in [3.05, 3.63) is 77.4 Å². The van der Waals surface area contributed by atoms with Gasteiger partial charge >= 0.3 is 0 Å². The number of aromatic nitrogens is 3. The van der Waals surface area contributed by atoms with Gasteiger partial charge in [-0.1, -0.05) is 18.2 Å². The molecule has 0 aliphatic heterocycles. The Morgan fingerprint density at radius 3 is 1.83 bits per heavy atom. The van der Waals surface area contributed by atoms with Crippen LogP contribution in [0.2, 0.25) is 0 Å². The van der Waals surface area contributed by atoms with Crippen molar-refractivity contribution in [2.45, 2.75) is 25.7 Å². The van der Waals surface area contributed by atoms with Crippen molar-refractivity contribution in [3.63, 3.8) is 0 Å². The minimum atomic E-state index is 1.12. The summed E-state index contributed by atoms with van der Waals surface area (Å²) in [7, 11) is 0.